The van der Waals surface area contributed by atoms with Crippen molar-refractivity contribution in [1.29, 1.82) is 0 Å². The molecule has 0 aliphatic carbocycles. The SMILES string of the molecule is O=C1C[CH2][Ge]2([O]CCNCC[O]2)[O]1. The van der Waals surface area contributed by atoms with Gasteiger partial charge in [-0.15, -0.1) is 0 Å². The molecule has 0 aromatic heterocycles. The van der Waals surface area contributed by atoms with Crippen LogP contribution in [0, 0.1) is 0 Å². The van der Waals surface area contributed by atoms with E-state index in [0.29, 0.717) is 24.9 Å². The summed E-state index contributed by atoms with van der Waals surface area (Å²) >= 11 is -3.07. The molecule has 2 aliphatic rings. The predicted molar refractivity (Wildman–Crippen MR) is 46.0 cm³/mol. The second-order valence-electron chi connectivity index (χ2n) is 3.10. The van der Waals surface area contributed by atoms with Crippen molar-refractivity contribution in [3.63, 3.8) is 0 Å². The van der Waals surface area contributed by atoms with Gasteiger partial charge >= 0.3 is 79.6 Å². The van der Waals surface area contributed by atoms with E-state index in [1.54, 1.807) is 0 Å². The molecule has 5 nitrogen and oxygen atoms in total. The molecule has 2 heterocycles. The van der Waals surface area contributed by atoms with Gasteiger partial charge in [0.25, 0.3) is 0 Å². The molecule has 0 aromatic rings. The van der Waals surface area contributed by atoms with E-state index in [-0.39, 0.29) is 5.97 Å². The molecule has 74 valence electrons. The minimum absolute atomic E-state index is 0.159. The molecule has 0 amide bonds. The van der Waals surface area contributed by atoms with Crippen LogP contribution in [0.15, 0.2) is 0 Å². The van der Waals surface area contributed by atoms with Crippen molar-refractivity contribution in [2.75, 3.05) is 26.3 Å². The first-order valence-electron chi connectivity index (χ1n) is 4.51. The van der Waals surface area contributed by atoms with Crippen molar-refractivity contribution < 1.29 is 16.1 Å². The van der Waals surface area contributed by atoms with E-state index in [0.717, 1.165) is 13.1 Å². The van der Waals surface area contributed by atoms with E-state index >= 15 is 0 Å². The molecule has 6 heteroatoms. The molecular weight excluding hydrogens is 235 g/mol. The van der Waals surface area contributed by atoms with Crippen molar-refractivity contribution in [2.45, 2.75) is 11.7 Å². The Hall–Kier alpha value is -0.107. The fraction of sp³-hybridized carbons (Fsp3) is 0.857. The third-order valence-electron chi connectivity index (χ3n) is 2.11. The molecule has 0 atom stereocenters. The molecule has 1 spiro atoms. The Balaban J connectivity index is 1.97. The summed E-state index contributed by atoms with van der Waals surface area (Å²) in [6.07, 6.45) is 0.466. The molecule has 13 heavy (non-hydrogen) atoms. The van der Waals surface area contributed by atoms with Crippen LogP contribution in [0.2, 0.25) is 5.25 Å². The van der Waals surface area contributed by atoms with Gasteiger partial charge in [-0.05, 0) is 0 Å². The van der Waals surface area contributed by atoms with Crippen LogP contribution >= 0.6 is 0 Å². The van der Waals surface area contributed by atoms with Crippen LogP contribution in [-0.4, -0.2) is 46.5 Å². The minimum atomic E-state index is -3.07. The summed E-state index contributed by atoms with van der Waals surface area (Å²) in [4.78, 5) is 11.0. The van der Waals surface area contributed by atoms with E-state index in [9.17, 15) is 4.79 Å². The summed E-state index contributed by atoms with van der Waals surface area (Å²) < 4.78 is 16.3. The first kappa shape index (κ1) is 9.45. The van der Waals surface area contributed by atoms with Crippen LogP contribution in [0.5, 0.6) is 0 Å². The van der Waals surface area contributed by atoms with E-state index in [1.807, 2.05) is 0 Å². The van der Waals surface area contributed by atoms with Gasteiger partial charge in [0, 0.05) is 0 Å². The van der Waals surface area contributed by atoms with Gasteiger partial charge in [-0.3, -0.25) is 0 Å². The van der Waals surface area contributed by atoms with E-state index in [4.69, 9.17) is 11.3 Å². The van der Waals surface area contributed by atoms with Gasteiger partial charge in [0.1, 0.15) is 0 Å². The molecule has 2 rings (SSSR count). The summed E-state index contributed by atoms with van der Waals surface area (Å²) in [6.45, 7) is 2.81. The van der Waals surface area contributed by atoms with Crippen molar-refractivity contribution in [3.05, 3.63) is 0 Å². The van der Waals surface area contributed by atoms with Crippen molar-refractivity contribution >= 4 is 20.2 Å². The van der Waals surface area contributed by atoms with Gasteiger partial charge in [0.2, 0.25) is 0 Å². The molecule has 0 saturated carbocycles. The molecule has 0 radical (unpaired) electrons. The summed E-state index contributed by atoms with van der Waals surface area (Å²) in [5.74, 6) is -0.159. The first-order valence-corrected chi connectivity index (χ1v) is 8.57. The topological polar surface area (TPSA) is 56.8 Å². The number of hydrogen-bond acceptors (Lipinski definition) is 5. The van der Waals surface area contributed by atoms with E-state index in [1.165, 1.54) is 0 Å². The molecule has 2 fully saturated rings. The van der Waals surface area contributed by atoms with Crippen LogP contribution in [-0.2, 0) is 16.1 Å². The quantitative estimate of drug-likeness (QED) is 0.586. The average Bonchev–Trinajstić information content (AvgIpc) is 2.42. The third-order valence-corrected chi connectivity index (χ3v) is 7.75. The molecule has 2 aliphatic heterocycles. The van der Waals surface area contributed by atoms with E-state index in [2.05, 4.69) is 5.32 Å². The Morgan fingerprint density at radius 1 is 1.23 bits per heavy atom. The van der Waals surface area contributed by atoms with Gasteiger partial charge in [0.05, 0.1) is 0 Å². The third kappa shape index (κ3) is 2.22. The standard InChI is InChI=1S/C7H13GeNO4/c10-7-1-2-8(13-7)11-5-3-9-4-6-12-8/h9H,1-6H2. The zero-order valence-corrected chi connectivity index (χ0v) is 9.47. The van der Waals surface area contributed by atoms with Crippen LogP contribution in [0.25, 0.3) is 0 Å². The Bertz CT molecular complexity index is 203. The second-order valence-corrected chi connectivity index (χ2v) is 8.66. The second kappa shape index (κ2) is 3.95. The van der Waals surface area contributed by atoms with Crippen LogP contribution < -0.4 is 5.32 Å². The van der Waals surface area contributed by atoms with Gasteiger partial charge in [-0.25, -0.2) is 0 Å². The maximum absolute atomic E-state index is 11.0. The van der Waals surface area contributed by atoms with Gasteiger partial charge in [-0.2, -0.15) is 0 Å². The Morgan fingerprint density at radius 3 is 2.46 bits per heavy atom. The molecule has 0 aromatic carbocycles. The van der Waals surface area contributed by atoms with Crippen LogP contribution in [0.1, 0.15) is 6.42 Å². The normalized spacial score (nSPS) is 28.2. The zero-order chi connectivity index (χ0) is 9.15. The van der Waals surface area contributed by atoms with E-state index < -0.39 is 14.3 Å². The molecule has 2 saturated heterocycles. The zero-order valence-electron chi connectivity index (χ0n) is 7.38. The molecule has 1 N–H and O–H groups in total. The Morgan fingerprint density at radius 2 is 1.92 bits per heavy atom. The predicted octanol–water partition coefficient (Wildman–Crippen LogP) is -0.491. The van der Waals surface area contributed by atoms with Gasteiger partial charge in [-0.1, -0.05) is 0 Å². The first-order chi connectivity index (χ1) is 6.31. The number of nitrogens with one attached hydrogen (secondary N) is 1. The maximum atomic E-state index is 11.0. The van der Waals surface area contributed by atoms with Gasteiger partial charge < -0.3 is 0 Å². The molecule has 0 bridgehead atoms. The fourth-order valence-corrected chi connectivity index (χ4v) is 6.45. The summed E-state index contributed by atoms with van der Waals surface area (Å²) in [5, 5.41) is 3.84. The van der Waals surface area contributed by atoms with Gasteiger partial charge in [0.15, 0.2) is 0 Å². The average molecular weight is 248 g/mol. The monoisotopic (exact) mass is 249 g/mol. The molecular formula is C7H13GeNO4. The molecule has 0 unspecified atom stereocenters. The van der Waals surface area contributed by atoms with Crippen molar-refractivity contribution in [2.24, 2.45) is 0 Å². The fourth-order valence-electron chi connectivity index (χ4n) is 1.46. The van der Waals surface area contributed by atoms with Crippen LogP contribution in [0.3, 0.4) is 0 Å². The Kier molecular flexibility index (Phi) is 2.87. The van der Waals surface area contributed by atoms with Crippen molar-refractivity contribution in [1.82, 2.24) is 5.32 Å². The number of carbonyl (C=O) groups is 1. The number of hydrogen-bond donors (Lipinski definition) is 1. The summed E-state index contributed by atoms with van der Waals surface area (Å²) in [6, 6.07) is 0. The summed E-state index contributed by atoms with van der Waals surface area (Å²) in [5.41, 5.74) is 0. The van der Waals surface area contributed by atoms with Crippen molar-refractivity contribution in [3.8, 4) is 0 Å². The number of rotatable bonds is 0. The Labute approximate surface area is 80.1 Å². The summed E-state index contributed by atoms with van der Waals surface area (Å²) in [7, 11) is 0. The van der Waals surface area contributed by atoms with Crippen LogP contribution in [0.4, 0.5) is 0 Å². The number of carbonyl (C=O) groups excluding carboxylic acids is 1.